The molecule has 0 spiro atoms. The summed E-state index contributed by atoms with van der Waals surface area (Å²) in [6.07, 6.45) is 1.29. The Morgan fingerprint density at radius 1 is 0.516 bits per heavy atom. The number of rotatable bonds is 30. The number of nitrogens with one attached hydrogen (secondary N) is 2. The molecule has 4 rings (SSSR count). The largest absolute Gasteiger partial charge is 0.490 e. The molecule has 0 aromatic heterocycles. The Hall–Kier alpha value is -5.28. The van der Waals surface area contributed by atoms with E-state index < -0.39 is 24.4 Å². The van der Waals surface area contributed by atoms with Crippen LogP contribution in [-0.4, -0.2) is 77.1 Å². The molecule has 12 nitrogen and oxygen atoms in total. The van der Waals surface area contributed by atoms with Crippen molar-refractivity contribution in [2.75, 3.05) is 52.7 Å². The molecule has 0 heterocycles. The lowest BCUT2D eigenvalue weighted by Crippen LogP contribution is -2.44. The molecule has 4 aromatic rings. The summed E-state index contributed by atoms with van der Waals surface area (Å²) in [6.45, 7) is 10.0. The van der Waals surface area contributed by atoms with Crippen molar-refractivity contribution in [1.29, 1.82) is 0 Å². The van der Waals surface area contributed by atoms with Gasteiger partial charge in [0, 0.05) is 13.2 Å². The molecule has 0 radical (unpaired) electrons. The Morgan fingerprint density at radius 3 is 1.21 bits per heavy atom. The Labute approximate surface area is 364 Å². The first-order valence-electron chi connectivity index (χ1n) is 21.6. The number of hydrogen-bond donors (Lipinski definition) is 2. The maximum absolute atomic E-state index is 13.7. The summed E-state index contributed by atoms with van der Waals surface area (Å²) in [5.74, 6) is -1.27. The Kier molecular flexibility index (Phi) is 22.6. The summed E-state index contributed by atoms with van der Waals surface area (Å²) < 4.78 is 74.3. The van der Waals surface area contributed by atoms with Crippen molar-refractivity contribution in [3.63, 3.8) is 0 Å². The van der Waals surface area contributed by atoms with Crippen LogP contribution in [0.2, 0.25) is 0 Å². The zero-order valence-electron chi connectivity index (χ0n) is 36.3. The molecule has 0 saturated heterocycles. The minimum atomic E-state index is -1.24. The zero-order valence-corrected chi connectivity index (χ0v) is 36.3. The maximum Gasteiger partial charge on any atom is 0.419 e. The lowest BCUT2D eigenvalue weighted by atomic mass is 10.0. The van der Waals surface area contributed by atoms with Gasteiger partial charge in [0.25, 0.3) is 0 Å². The van der Waals surface area contributed by atoms with E-state index in [0.29, 0.717) is 88.2 Å². The van der Waals surface area contributed by atoms with Crippen molar-refractivity contribution in [2.45, 2.75) is 90.9 Å². The van der Waals surface area contributed by atoms with Crippen molar-refractivity contribution in [2.24, 2.45) is 0 Å². The summed E-state index contributed by atoms with van der Waals surface area (Å²) in [4.78, 5) is 26.9. The highest BCUT2D eigenvalue weighted by molar-refractivity contribution is 6.29. The van der Waals surface area contributed by atoms with E-state index >= 15 is 0 Å². The highest BCUT2D eigenvalue weighted by Crippen LogP contribution is 2.28. The normalized spacial score (nSPS) is 13.1. The molecule has 0 fully saturated rings. The summed E-state index contributed by atoms with van der Waals surface area (Å²) in [5.41, 5.74) is 1.71. The predicted octanol–water partition coefficient (Wildman–Crippen LogP) is 9.03. The second-order valence-corrected chi connectivity index (χ2v) is 14.2. The van der Waals surface area contributed by atoms with Gasteiger partial charge in [-0.15, -0.1) is 0 Å². The third-order valence-electron chi connectivity index (χ3n) is 9.30. The van der Waals surface area contributed by atoms with Crippen LogP contribution in [0, 0.1) is 11.6 Å². The molecule has 14 heteroatoms. The number of para-hydroxylation sites is 4. The summed E-state index contributed by atoms with van der Waals surface area (Å²) in [5, 5.41) is 6.36. The lowest BCUT2D eigenvalue weighted by molar-refractivity contribution is -0.177. The van der Waals surface area contributed by atoms with E-state index in [1.807, 2.05) is 39.8 Å². The van der Waals surface area contributed by atoms with Crippen LogP contribution >= 0.6 is 0 Å². The van der Waals surface area contributed by atoms with Gasteiger partial charge in [-0.25, -0.2) is 18.4 Å². The molecule has 0 saturated carbocycles. The monoisotopic (exact) mass is 864 g/mol. The van der Waals surface area contributed by atoms with E-state index in [9.17, 15) is 18.4 Å². The van der Waals surface area contributed by atoms with E-state index in [4.69, 9.17) is 37.9 Å². The number of carbonyl (C=O) groups excluding carboxylic acids is 2. The topological polar surface area (TPSA) is 132 Å². The van der Waals surface area contributed by atoms with Crippen LogP contribution in [0.3, 0.4) is 0 Å². The first kappa shape index (κ1) is 49.4. The van der Waals surface area contributed by atoms with Gasteiger partial charge in [0.1, 0.15) is 24.8 Å². The predicted molar refractivity (Wildman–Crippen MR) is 231 cm³/mol. The van der Waals surface area contributed by atoms with Crippen LogP contribution in [-0.2, 0) is 28.5 Å². The van der Waals surface area contributed by atoms with Gasteiger partial charge >= 0.3 is 11.9 Å². The number of esters is 2. The molecular weight excluding hydrogens is 803 g/mol. The molecule has 0 bridgehead atoms. The molecular formula is C48H62F2N2O10. The average molecular weight is 865 g/mol. The van der Waals surface area contributed by atoms with Gasteiger partial charge in [0.05, 0.1) is 25.4 Å². The van der Waals surface area contributed by atoms with Crippen LogP contribution in [0.4, 0.5) is 8.78 Å². The molecule has 0 amide bonds. The fourth-order valence-electron chi connectivity index (χ4n) is 6.31. The third-order valence-corrected chi connectivity index (χ3v) is 9.30. The summed E-state index contributed by atoms with van der Waals surface area (Å²) in [7, 11) is 0. The van der Waals surface area contributed by atoms with Crippen LogP contribution in [0.15, 0.2) is 97.1 Å². The smallest absolute Gasteiger partial charge is 0.419 e. The standard InChI is InChI=1S/C48H62F2N2O10/c1-5-31-57-39(35-21-25-37(49)26-22-35)19-13-29-51-45(33-59-43-17-11-9-15-41(43)55-7-3)61-47(53)48(54)62-46(34-60-44-18-12-10-16-42(44)56-8-4)52-30-14-20-40(58-32-6-2)36-23-27-38(50)28-24-36/h9-12,15-18,21-28,39-40,45-46,51-52H,5-8,13-14,19-20,29-34H2,1-4H3. The van der Waals surface area contributed by atoms with Gasteiger partial charge < -0.3 is 37.9 Å². The van der Waals surface area contributed by atoms with Gasteiger partial charge in [-0.3, -0.25) is 10.6 Å². The van der Waals surface area contributed by atoms with E-state index in [0.717, 1.165) is 24.0 Å². The second-order valence-electron chi connectivity index (χ2n) is 14.2. The quantitative estimate of drug-likeness (QED) is 0.0224. The molecule has 0 aliphatic heterocycles. The van der Waals surface area contributed by atoms with E-state index in [1.165, 1.54) is 24.3 Å². The molecule has 338 valence electrons. The lowest BCUT2D eigenvalue weighted by Gasteiger charge is -2.23. The maximum atomic E-state index is 13.7. The van der Waals surface area contributed by atoms with Gasteiger partial charge in [-0.05, 0) is 125 Å². The first-order valence-corrected chi connectivity index (χ1v) is 21.6. The number of hydrogen-bond acceptors (Lipinski definition) is 12. The molecule has 4 aromatic carbocycles. The summed E-state index contributed by atoms with van der Waals surface area (Å²) in [6, 6.07) is 26.7. The molecule has 62 heavy (non-hydrogen) atoms. The average Bonchev–Trinajstić information content (AvgIpc) is 3.28. The summed E-state index contributed by atoms with van der Waals surface area (Å²) >= 11 is 0. The number of halogens is 2. The van der Waals surface area contributed by atoms with E-state index in [-0.39, 0.29) is 37.1 Å². The van der Waals surface area contributed by atoms with Gasteiger partial charge in [-0.2, -0.15) is 0 Å². The highest BCUT2D eigenvalue weighted by atomic mass is 19.1. The molecule has 2 N–H and O–H groups in total. The van der Waals surface area contributed by atoms with Crippen molar-refractivity contribution < 1.29 is 56.3 Å². The zero-order chi connectivity index (χ0) is 44.4. The number of benzene rings is 4. The van der Waals surface area contributed by atoms with Crippen molar-refractivity contribution in [3.05, 3.63) is 120 Å². The van der Waals surface area contributed by atoms with Crippen LogP contribution in [0.25, 0.3) is 0 Å². The van der Waals surface area contributed by atoms with Gasteiger partial charge in [0.2, 0.25) is 0 Å². The van der Waals surface area contributed by atoms with Crippen molar-refractivity contribution >= 4 is 11.9 Å². The Bertz CT molecular complexity index is 1730. The second kappa shape index (κ2) is 28.3. The van der Waals surface area contributed by atoms with Gasteiger partial charge in [0.15, 0.2) is 35.5 Å². The molecule has 4 unspecified atom stereocenters. The Morgan fingerprint density at radius 2 is 0.871 bits per heavy atom. The number of ether oxygens (including phenoxy) is 8. The van der Waals surface area contributed by atoms with Gasteiger partial charge in [-0.1, -0.05) is 62.4 Å². The third kappa shape index (κ3) is 17.6. The minimum absolute atomic E-state index is 0.162. The Balaban J connectivity index is 1.43. The SMILES string of the molecule is CCCOC(CCCNC(COc1ccccc1OCC)OC(=O)C(=O)OC(COc1ccccc1OCC)NCCCC(OCCC)c1ccc(F)cc1)c1ccc(F)cc1. The van der Waals surface area contributed by atoms with Crippen LogP contribution < -0.4 is 29.6 Å². The molecule has 4 atom stereocenters. The van der Waals surface area contributed by atoms with Crippen molar-refractivity contribution in [1.82, 2.24) is 10.6 Å². The molecule has 0 aliphatic carbocycles. The highest BCUT2D eigenvalue weighted by Gasteiger charge is 2.27. The molecule has 0 aliphatic rings. The van der Waals surface area contributed by atoms with Crippen LogP contribution in [0.1, 0.15) is 89.6 Å². The fraction of sp³-hybridized carbons (Fsp3) is 0.458. The number of carbonyl (C=O) groups is 2. The van der Waals surface area contributed by atoms with Crippen LogP contribution in [0.5, 0.6) is 23.0 Å². The van der Waals surface area contributed by atoms with Crippen molar-refractivity contribution in [3.8, 4) is 23.0 Å². The van der Waals surface area contributed by atoms with E-state index in [1.54, 1.807) is 60.7 Å². The first-order chi connectivity index (χ1) is 30.2. The fourth-order valence-corrected chi connectivity index (χ4v) is 6.31. The van der Waals surface area contributed by atoms with E-state index in [2.05, 4.69) is 10.6 Å². The minimum Gasteiger partial charge on any atom is -0.490 e.